The Morgan fingerprint density at radius 2 is 2.04 bits per heavy atom. The third-order valence-electron chi connectivity index (χ3n) is 4.64. The summed E-state index contributed by atoms with van der Waals surface area (Å²) in [6, 6.07) is 10.3. The van der Waals surface area contributed by atoms with Crippen molar-refractivity contribution in [2.45, 2.75) is 38.6 Å². The molecule has 1 fully saturated rings. The fourth-order valence-electron chi connectivity index (χ4n) is 3.14. The number of hydrogen-bond donors (Lipinski definition) is 0. The average molecular weight is 342 g/mol. The van der Waals surface area contributed by atoms with Crippen LogP contribution in [0.1, 0.15) is 49.5 Å². The molecule has 2 heterocycles. The number of rotatable bonds is 5. The highest BCUT2D eigenvalue weighted by atomic mass is 16.5. The lowest BCUT2D eigenvalue weighted by molar-refractivity contribution is -0.136. The Kier molecular flexibility index (Phi) is 5.48. The van der Waals surface area contributed by atoms with E-state index in [0.29, 0.717) is 24.6 Å². The Morgan fingerprint density at radius 3 is 2.72 bits per heavy atom. The number of nitrogens with zero attached hydrogens (tertiary/aromatic N) is 4. The van der Waals surface area contributed by atoms with E-state index in [1.54, 1.807) is 0 Å². The van der Waals surface area contributed by atoms with E-state index < -0.39 is 0 Å². The number of carbonyl (C=O) groups is 1. The van der Waals surface area contributed by atoms with Crippen LogP contribution in [0.4, 0.5) is 0 Å². The molecule has 6 nitrogen and oxygen atoms in total. The van der Waals surface area contributed by atoms with Crippen molar-refractivity contribution in [3.63, 3.8) is 0 Å². The van der Waals surface area contributed by atoms with Crippen molar-refractivity contribution in [3.8, 4) is 0 Å². The SMILES string of the molecule is CC(C)c1noc(CCC(=O)N2CCN(C)C[C@H]2c2ccccc2)n1. The van der Waals surface area contributed by atoms with Gasteiger partial charge in [-0.15, -0.1) is 0 Å². The van der Waals surface area contributed by atoms with E-state index in [-0.39, 0.29) is 17.9 Å². The van der Waals surface area contributed by atoms with Gasteiger partial charge in [-0.25, -0.2) is 0 Å². The Bertz CT molecular complexity index is 698. The first kappa shape index (κ1) is 17.6. The van der Waals surface area contributed by atoms with Crippen LogP contribution in [0, 0.1) is 0 Å². The minimum Gasteiger partial charge on any atom is -0.339 e. The van der Waals surface area contributed by atoms with Gasteiger partial charge in [-0.1, -0.05) is 49.3 Å². The van der Waals surface area contributed by atoms with Crippen LogP contribution in [0.2, 0.25) is 0 Å². The van der Waals surface area contributed by atoms with Crippen LogP contribution in [0.15, 0.2) is 34.9 Å². The van der Waals surface area contributed by atoms with Crippen molar-refractivity contribution in [2.24, 2.45) is 0 Å². The molecule has 0 radical (unpaired) electrons. The van der Waals surface area contributed by atoms with Gasteiger partial charge in [0.1, 0.15) is 0 Å². The van der Waals surface area contributed by atoms with Gasteiger partial charge in [0.15, 0.2) is 5.82 Å². The molecule has 1 aromatic carbocycles. The summed E-state index contributed by atoms with van der Waals surface area (Å²) in [6.07, 6.45) is 0.888. The van der Waals surface area contributed by atoms with Gasteiger partial charge in [-0.2, -0.15) is 4.98 Å². The summed E-state index contributed by atoms with van der Waals surface area (Å²) >= 11 is 0. The van der Waals surface area contributed by atoms with Crippen LogP contribution in [-0.2, 0) is 11.2 Å². The van der Waals surface area contributed by atoms with Crippen molar-refractivity contribution < 1.29 is 9.32 Å². The first-order valence-electron chi connectivity index (χ1n) is 8.90. The van der Waals surface area contributed by atoms with Crippen LogP contribution >= 0.6 is 0 Å². The van der Waals surface area contributed by atoms with Gasteiger partial charge < -0.3 is 14.3 Å². The number of aryl methyl sites for hydroxylation is 1. The van der Waals surface area contributed by atoms with Crippen molar-refractivity contribution in [2.75, 3.05) is 26.7 Å². The van der Waals surface area contributed by atoms with Crippen LogP contribution in [0.5, 0.6) is 0 Å². The lowest BCUT2D eigenvalue weighted by atomic mass is 10.0. The number of amides is 1. The molecule has 1 amide bonds. The van der Waals surface area contributed by atoms with E-state index in [1.165, 1.54) is 5.56 Å². The highest BCUT2D eigenvalue weighted by Crippen LogP contribution is 2.25. The summed E-state index contributed by atoms with van der Waals surface area (Å²) in [5.41, 5.74) is 1.18. The maximum atomic E-state index is 12.8. The van der Waals surface area contributed by atoms with Gasteiger partial charge >= 0.3 is 0 Å². The summed E-state index contributed by atoms with van der Waals surface area (Å²) in [5.74, 6) is 1.62. The number of likely N-dealkylation sites (N-methyl/N-ethyl adjacent to an activating group) is 1. The number of hydrogen-bond acceptors (Lipinski definition) is 5. The van der Waals surface area contributed by atoms with Crippen LogP contribution in [0.3, 0.4) is 0 Å². The summed E-state index contributed by atoms with van der Waals surface area (Å²) < 4.78 is 5.25. The monoisotopic (exact) mass is 342 g/mol. The molecule has 0 bridgehead atoms. The van der Waals surface area contributed by atoms with Gasteiger partial charge in [-0.05, 0) is 12.6 Å². The van der Waals surface area contributed by atoms with E-state index in [9.17, 15) is 4.79 Å². The largest absolute Gasteiger partial charge is 0.339 e. The second kappa shape index (κ2) is 7.78. The molecule has 3 rings (SSSR count). The van der Waals surface area contributed by atoms with Gasteiger partial charge in [0, 0.05) is 38.4 Å². The zero-order chi connectivity index (χ0) is 17.8. The quantitative estimate of drug-likeness (QED) is 0.836. The Labute approximate surface area is 148 Å². The van der Waals surface area contributed by atoms with Crippen LogP contribution in [0.25, 0.3) is 0 Å². The van der Waals surface area contributed by atoms with Crippen LogP contribution in [-0.4, -0.2) is 52.5 Å². The summed E-state index contributed by atoms with van der Waals surface area (Å²) in [4.78, 5) is 21.4. The van der Waals surface area contributed by atoms with Gasteiger partial charge in [0.05, 0.1) is 6.04 Å². The normalized spacial score (nSPS) is 18.7. The van der Waals surface area contributed by atoms with E-state index in [2.05, 4.69) is 34.2 Å². The molecule has 2 aromatic rings. The molecule has 0 saturated carbocycles. The third-order valence-corrected chi connectivity index (χ3v) is 4.64. The van der Waals surface area contributed by atoms with E-state index in [0.717, 1.165) is 19.6 Å². The highest BCUT2D eigenvalue weighted by molar-refractivity contribution is 5.77. The van der Waals surface area contributed by atoms with E-state index >= 15 is 0 Å². The minimum atomic E-state index is 0.0985. The molecule has 1 saturated heterocycles. The predicted molar refractivity (Wildman–Crippen MR) is 95.1 cm³/mol. The lowest BCUT2D eigenvalue weighted by Crippen LogP contribution is -2.49. The smallest absolute Gasteiger partial charge is 0.227 e. The maximum absolute atomic E-state index is 12.8. The number of aromatic nitrogens is 2. The Morgan fingerprint density at radius 1 is 1.28 bits per heavy atom. The average Bonchev–Trinajstić information content (AvgIpc) is 3.10. The standard InChI is InChI=1S/C19H26N4O2/c1-14(2)19-20-17(25-21-19)9-10-18(24)23-12-11-22(3)13-16(23)15-7-5-4-6-8-15/h4-8,14,16H,9-13H2,1-3H3/t16-/m0/s1. The van der Waals surface area contributed by atoms with Gasteiger partial charge in [-0.3, -0.25) is 4.79 Å². The van der Waals surface area contributed by atoms with Crippen LogP contribution < -0.4 is 0 Å². The summed E-state index contributed by atoms with van der Waals surface area (Å²) in [7, 11) is 2.10. The second-order valence-electron chi connectivity index (χ2n) is 6.98. The summed E-state index contributed by atoms with van der Waals surface area (Å²) in [5, 5.41) is 3.96. The number of carbonyl (C=O) groups excluding carboxylic acids is 1. The fraction of sp³-hybridized carbons (Fsp3) is 0.526. The summed E-state index contributed by atoms with van der Waals surface area (Å²) in [6.45, 7) is 6.54. The fourth-order valence-corrected chi connectivity index (χ4v) is 3.14. The Hall–Kier alpha value is -2.21. The van der Waals surface area contributed by atoms with Crippen molar-refractivity contribution in [3.05, 3.63) is 47.6 Å². The highest BCUT2D eigenvalue weighted by Gasteiger charge is 2.30. The van der Waals surface area contributed by atoms with Crippen molar-refractivity contribution >= 4 is 5.91 Å². The molecule has 0 unspecified atom stereocenters. The van der Waals surface area contributed by atoms with Gasteiger partial charge in [0.2, 0.25) is 11.8 Å². The molecule has 1 atom stereocenters. The van der Waals surface area contributed by atoms with E-state index in [1.807, 2.05) is 36.9 Å². The minimum absolute atomic E-state index is 0.0985. The Balaban J connectivity index is 1.66. The molecule has 1 aromatic heterocycles. The topological polar surface area (TPSA) is 62.5 Å². The second-order valence-corrected chi connectivity index (χ2v) is 6.98. The predicted octanol–water partition coefficient (Wildman–Crippen LogP) is 2.64. The first-order chi connectivity index (χ1) is 12.0. The van der Waals surface area contributed by atoms with Gasteiger partial charge in [0.25, 0.3) is 0 Å². The maximum Gasteiger partial charge on any atom is 0.227 e. The molecule has 0 N–H and O–H groups in total. The molecule has 6 heteroatoms. The third kappa shape index (κ3) is 4.25. The molecule has 0 aliphatic carbocycles. The van der Waals surface area contributed by atoms with Crippen molar-refractivity contribution in [1.29, 1.82) is 0 Å². The molecule has 25 heavy (non-hydrogen) atoms. The molecule has 134 valence electrons. The molecule has 0 spiro atoms. The van der Waals surface area contributed by atoms with Crippen molar-refractivity contribution in [1.82, 2.24) is 19.9 Å². The molecule has 1 aliphatic heterocycles. The molecular formula is C19H26N4O2. The first-order valence-corrected chi connectivity index (χ1v) is 8.90. The molecule has 1 aliphatic rings. The zero-order valence-corrected chi connectivity index (χ0v) is 15.2. The van der Waals surface area contributed by atoms with E-state index in [4.69, 9.17) is 4.52 Å². The zero-order valence-electron chi connectivity index (χ0n) is 15.2. The lowest BCUT2D eigenvalue weighted by Gasteiger charge is -2.40. The molecular weight excluding hydrogens is 316 g/mol. The number of piperazine rings is 1. The number of benzene rings is 1.